The highest BCUT2D eigenvalue weighted by atomic mass is 32.2. The number of amides is 4. The van der Waals surface area contributed by atoms with E-state index in [4.69, 9.17) is 0 Å². The van der Waals surface area contributed by atoms with Crippen molar-refractivity contribution in [1.29, 1.82) is 0 Å². The lowest BCUT2D eigenvalue weighted by Crippen LogP contribution is -2.46. The molecule has 0 radical (unpaired) electrons. The van der Waals surface area contributed by atoms with Gasteiger partial charge in [0.2, 0.25) is 11.8 Å². The lowest BCUT2D eigenvalue weighted by Gasteiger charge is -2.30. The highest BCUT2D eigenvalue weighted by molar-refractivity contribution is 7.99. The summed E-state index contributed by atoms with van der Waals surface area (Å²) in [6, 6.07) is 5.84. The molecule has 170 valence electrons. The van der Waals surface area contributed by atoms with Crippen LogP contribution in [-0.4, -0.2) is 94.7 Å². The van der Waals surface area contributed by atoms with Crippen molar-refractivity contribution in [2.45, 2.75) is 24.9 Å². The van der Waals surface area contributed by atoms with Gasteiger partial charge in [-0.2, -0.15) is 23.5 Å². The van der Waals surface area contributed by atoms with Gasteiger partial charge in [0.05, 0.1) is 36.3 Å². The van der Waals surface area contributed by atoms with E-state index < -0.39 is 12.1 Å². The van der Waals surface area contributed by atoms with Crippen LogP contribution in [0, 0.1) is 0 Å². The van der Waals surface area contributed by atoms with Crippen LogP contribution in [0.3, 0.4) is 0 Å². The highest BCUT2D eigenvalue weighted by Crippen LogP contribution is 2.31. The topological polar surface area (TPSA) is 81.2 Å². The summed E-state index contributed by atoms with van der Waals surface area (Å²) in [6.07, 6.45) is 0.397. The van der Waals surface area contributed by atoms with Crippen molar-refractivity contribution in [1.82, 2.24) is 9.80 Å². The second kappa shape index (κ2) is 9.17. The molecule has 0 N–H and O–H groups in total. The quantitative estimate of drug-likeness (QED) is 0.599. The molecule has 4 aliphatic rings. The Morgan fingerprint density at radius 3 is 1.28 bits per heavy atom. The molecule has 0 aromatic heterocycles. The zero-order valence-corrected chi connectivity index (χ0v) is 19.4. The summed E-state index contributed by atoms with van der Waals surface area (Å²) in [5, 5.41) is 0. The Kier molecular flexibility index (Phi) is 6.28. The Morgan fingerprint density at radius 2 is 0.938 bits per heavy atom. The van der Waals surface area contributed by atoms with Gasteiger partial charge in [-0.15, -0.1) is 0 Å². The van der Waals surface area contributed by atoms with E-state index in [2.05, 4.69) is 9.80 Å². The van der Waals surface area contributed by atoms with Crippen LogP contribution in [0.5, 0.6) is 0 Å². The summed E-state index contributed by atoms with van der Waals surface area (Å²) < 4.78 is 0. The van der Waals surface area contributed by atoms with Crippen molar-refractivity contribution in [2.24, 2.45) is 0 Å². The molecule has 8 nitrogen and oxygen atoms in total. The van der Waals surface area contributed by atoms with Crippen molar-refractivity contribution >= 4 is 58.5 Å². The monoisotopic (exact) mass is 474 g/mol. The normalized spacial score (nSPS) is 28.2. The molecule has 0 bridgehead atoms. The predicted octanol–water partition coefficient (Wildman–Crippen LogP) is 1.05. The van der Waals surface area contributed by atoms with Crippen LogP contribution in [0.4, 0.5) is 11.4 Å². The summed E-state index contributed by atoms with van der Waals surface area (Å²) in [7, 11) is 0. The number of nitrogens with zero attached hydrogens (tertiary/aromatic N) is 4. The van der Waals surface area contributed by atoms with Gasteiger partial charge < -0.3 is 0 Å². The maximum atomic E-state index is 13.0. The van der Waals surface area contributed by atoms with Gasteiger partial charge in [-0.3, -0.25) is 29.0 Å². The molecule has 2 atom stereocenters. The average molecular weight is 475 g/mol. The van der Waals surface area contributed by atoms with Crippen LogP contribution in [0.1, 0.15) is 12.8 Å². The molecule has 0 spiro atoms. The van der Waals surface area contributed by atoms with Crippen molar-refractivity contribution < 1.29 is 19.2 Å². The van der Waals surface area contributed by atoms with Gasteiger partial charge in [0.15, 0.2) is 0 Å². The van der Waals surface area contributed by atoms with E-state index in [1.807, 2.05) is 23.5 Å². The second-order valence-corrected chi connectivity index (χ2v) is 10.8. The standard InChI is InChI=1S/C22H26N4O4S2/c27-19-13-17(23-5-9-31-10-6-23)21(29)25(19)15-1-2-16(4-3-15)26-20(28)14-18(22(26)30)24-7-11-32-12-8-24/h1-4,17-18H,5-14H2. The fourth-order valence-corrected chi connectivity index (χ4v) is 6.74. The number of thioether (sulfide) groups is 2. The molecule has 2 unspecified atom stereocenters. The number of hydrogen-bond donors (Lipinski definition) is 0. The van der Waals surface area contributed by atoms with E-state index in [0.717, 1.165) is 49.2 Å². The molecule has 0 aliphatic carbocycles. The van der Waals surface area contributed by atoms with Crippen LogP contribution in [-0.2, 0) is 19.2 Å². The van der Waals surface area contributed by atoms with Gasteiger partial charge >= 0.3 is 0 Å². The lowest BCUT2D eigenvalue weighted by molar-refractivity contribution is -0.124. The number of anilines is 2. The second-order valence-electron chi connectivity index (χ2n) is 8.39. The summed E-state index contributed by atoms with van der Waals surface area (Å²) >= 11 is 3.73. The van der Waals surface area contributed by atoms with Crippen LogP contribution in [0.15, 0.2) is 24.3 Å². The summed E-state index contributed by atoms with van der Waals surface area (Å²) in [6.45, 7) is 3.27. The number of carbonyl (C=O) groups is 4. The predicted molar refractivity (Wildman–Crippen MR) is 126 cm³/mol. The number of imide groups is 2. The van der Waals surface area contributed by atoms with E-state index in [1.54, 1.807) is 24.3 Å². The summed E-state index contributed by atoms with van der Waals surface area (Å²) in [5.74, 6) is 3.11. The van der Waals surface area contributed by atoms with E-state index >= 15 is 0 Å². The Bertz CT molecular complexity index is 853. The van der Waals surface area contributed by atoms with Gasteiger partial charge in [-0.1, -0.05) is 0 Å². The maximum absolute atomic E-state index is 13.0. The Morgan fingerprint density at radius 1 is 0.594 bits per heavy atom. The van der Waals surface area contributed by atoms with Gasteiger partial charge in [0.1, 0.15) is 0 Å². The largest absolute Gasteiger partial charge is 0.290 e. The molecular formula is C22H26N4O4S2. The molecular weight excluding hydrogens is 448 g/mol. The van der Waals surface area contributed by atoms with Crippen LogP contribution < -0.4 is 9.80 Å². The van der Waals surface area contributed by atoms with Gasteiger partial charge in [0, 0.05) is 49.2 Å². The first kappa shape index (κ1) is 21.9. The lowest BCUT2D eigenvalue weighted by atomic mass is 10.2. The fourth-order valence-electron chi connectivity index (χ4n) is 4.87. The minimum absolute atomic E-state index is 0.189. The van der Waals surface area contributed by atoms with Crippen LogP contribution in [0.25, 0.3) is 0 Å². The van der Waals surface area contributed by atoms with Crippen molar-refractivity contribution in [2.75, 3.05) is 59.0 Å². The molecule has 4 saturated heterocycles. The molecule has 5 rings (SSSR count). The molecule has 10 heteroatoms. The maximum Gasteiger partial charge on any atom is 0.251 e. The Balaban J connectivity index is 1.31. The van der Waals surface area contributed by atoms with Gasteiger partial charge in [0.25, 0.3) is 11.8 Å². The molecule has 4 amide bonds. The molecule has 32 heavy (non-hydrogen) atoms. The minimum atomic E-state index is -0.395. The fraction of sp³-hybridized carbons (Fsp3) is 0.545. The Labute approximate surface area is 195 Å². The number of rotatable bonds is 4. The first-order chi connectivity index (χ1) is 15.5. The Hall–Kier alpha value is -1.88. The molecule has 1 aromatic carbocycles. The van der Waals surface area contributed by atoms with E-state index in [0.29, 0.717) is 11.4 Å². The highest BCUT2D eigenvalue weighted by Gasteiger charge is 2.44. The average Bonchev–Trinajstić information content (AvgIpc) is 3.29. The van der Waals surface area contributed by atoms with E-state index in [-0.39, 0.29) is 36.5 Å². The number of hydrogen-bond acceptors (Lipinski definition) is 8. The van der Waals surface area contributed by atoms with E-state index in [9.17, 15) is 19.2 Å². The zero-order valence-electron chi connectivity index (χ0n) is 17.8. The third-order valence-electron chi connectivity index (χ3n) is 6.58. The van der Waals surface area contributed by atoms with Crippen molar-refractivity contribution in [3.05, 3.63) is 24.3 Å². The third-order valence-corrected chi connectivity index (χ3v) is 8.47. The summed E-state index contributed by atoms with van der Waals surface area (Å²) in [4.78, 5) is 58.0. The van der Waals surface area contributed by atoms with Crippen LogP contribution in [0.2, 0.25) is 0 Å². The molecule has 0 saturated carbocycles. The molecule has 1 aromatic rings. The molecule has 4 fully saturated rings. The SMILES string of the molecule is O=C1CC(N2CCSCC2)C(=O)N1c1ccc(N2C(=O)CC(N3CCSCC3)C2=O)cc1. The van der Waals surface area contributed by atoms with Crippen molar-refractivity contribution in [3.63, 3.8) is 0 Å². The van der Waals surface area contributed by atoms with Crippen LogP contribution >= 0.6 is 23.5 Å². The minimum Gasteiger partial charge on any atom is -0.290 e. The van der Waals surface area contributed by atoms with Gasteiger partial charge in [-0.05, 0) is 24.3 Å². The van der Waals surface area contributed by atoms with Gasteiger partial charge in [-0.25, -0.2) is 9.80 Å². The zero-order chi connectivity index (χ0) is 22.2. The first-order valence-corrected chi connectivity index (χ1v) is 13.3. The van der Waals surface area contributed by atoms with E-state index in [1.165, 1.54) is 9.80 Å². The first-order valence-electron chi connectivity index (χ1n) is 11.0. The van der Waals surface area contributed by atoms with Crippen molar-refractivity contribution in [3.8, 4) is 0 Å². The third kappa shape index (κ3) is 3.98. The number of benzene rings is 1. The summed E-state index contributed by atoms with van der Waals surface area (Å²) in [5.41, 5.74) is 0.975. The smallest absolute Gasteiger partial charge is 0.251 e. The molecule has 4 heterocycles. The molecule has 4 aliphatic heterocycles. The number of carbonyl (C=O) groups excluding carboxylic acids is 4.